The third kappa shape index (κ3) is 2.55. The van der Waals surface area contributed by atoms with Gasteiger partial charge < -0.3 is 4.90 Å². The smallest absolute Gasteiger partial charge is 0.254 e. The first kappa shape index (κ1) is 13.8. The van der Waals surface area contributed by atoms with Gasteiger partial charge in [-0.25, -0.2) is 4.98 Å². The predicted molar refractivity (Wildman–Crippen MR) is 77.7 cm³/mol. The summed E-state index contributed by atoms with van der Waals surface area (Å²) in [6, 6.07) is 0. The Morgan fingerprint density at radius 3 is 2.42 bits per heavy atom. The third-order valence-corrected chi connectivity index (χ3v) is 3.53. The molecule has 0 spiro atoms. The fourth-order valence-electron chi connectivity index (χ4n) is 2.49. The first-order valence-corrected chi connectivity index (χ1v) is 7.19. The quantitative estimate of drug-likeness (QED) is 0.792. The molecule has 19 heavy (non-hydrogen) atoms. The summed E-state index contributed by atoms with van der Waals surface area (Å²) in [7, 11) is 0. The van der Waals surface area contributed by atoms with Gasteiger partial charge in [-0.2, -0.15) is 14.6 Å². The van der Waals surface area contributed by atoms with E-state index in [1.54, 1.807) is 6.33 Å². The molecule has 5 nitrogen and oxygen atoms in total. The Bertz CT molecular complexity index is 540. The number of hydrogen-bond donors (Lipinski definition) is 0. The van der Waals surface area contributed by atoms with Gasteiger partial charge in [-0.15, -0.1) is 0 Å². The van der Waals surface area contributed by atoms with Crippen LogP contribution in [0.15, 0.2) is 6.33 Å². The van der Waals surface area contributed by atoms with E-state index in [9.17, 15) is 0 Å². The van der Waals surface area contributed by atoms with E-state index in [4.69, 9.17) is 0 Å². The molecule has 2 aromatic rings. The normalized spacial score (nSPS) is 15.3. The Morgan fingerprint density at radius 1 is 1.05 bits per heavy atom. The van der Waals surface area contributed by atoms with Crippen LogP contribution in [-0.4, -0.2) is 32.7 Å². The summed E-state index contributed by atoms with van der Waals surface area (Å²) in [6.07, 6.45) is 5.43. The molecular formula is C14H23N5. The van der Waals surface area contributed by atoms with Crippen LogP contribution in [0.25, 0.3) is 5.78 Å². The van der Waals surface area contributed by atoms with Crippen LogP contribution in [-0.2, 0) is 0 Å². The summed E-state index contributed by atoms with van der Waals surface area (Å²) in [6.45, 7) is 10.4. The Morgan fingerprint density at radius 2 is 1.74 bits per heavy atom. The van der Waals surface area contributed by atoms with E-state index in [2.05, 4.69) is 26.9 Å². The Labute approximate surface area is 114 Å². The van der Waals surface area contributed by atoms with Crippen LogP contribution in [0, 0.1) is 13.8 Å². The number of fused-ring (bicyclic) bond motifs is 1. The number of nitrogens with zero attached hydrogens (tertiary/aromatic N) is 5. The van der Waals surface area contributed by atoms with Crippen molar-refractivity contribution in [2.24, 2.45) is 0 Å². The van der Waals surface area contributed by atoms with Gasteiger partial charge in [0.15, 0.2) is 0 Å². The van der Waals surface area contributed by atoms with Gasteiger partial charge in [0.2, 0.25) is 0 Å². The zero-order valence-corrected chi connectivity index (χ0v) is 12.3. The van der Waals surface area contributed by atoms with Crippen LogP contribution >= 0.6 is 0 Å². The minimum atomic E-state index is 0.702. The second-order valence-corrected chi connectivity index (χ2v) is 4.67. The molecule has 3 heterocycles. The van der Waals surface area contributed by atoms with Crippen LogP contribution in [0.4, 0.5) is 5.82 Å². The molecule has 5 heteroatoms. The predicted octanol–water partition coefficient (Wildman–Crippen LogP) is 2.76. The highest BCUT2D eigenvalue weighted by molar-refractivity contribution is 5.54. The van der Waals surface area contributed by atoms with Crippen molar-refractivity contribution in [1.29, 1.82) is 0 Å². The zero-order valence-electron chi connectivity index (χ0n) is 12.3. The van der Waals surface area contributed by atoms with Crippen molar-refractivity contribution < 1.29 is 0 Å². The highest BCUT2D eigenvalue weighted by Gasteiger charge is 2.19. The fraction of sp³-hybridized carbons (Fsp3) is 0.643. The molecule has 3 rings (SSSR count). The van der Waals surface area contributed by atoms with E-state index in [0.29, 0.717) is 5.78 Å². The number of rotatable bonds is 1. The summed E-state index contributed by atoms with van der Waals surface area (Å²) in [5.41, 5.74) is 2.26. The maximum absolute atomic E-state index is 4.45. The van der Waals surface area contributed by atoms with E-state index < -0.39 is 0 Å². The van der Waals surface area contributed by atoms with Gasteiger partial charge in [0, 0.05) is 24.3 Å². The van der Waals surface area contributed by atoms with Gasteiger partial charge in [0.1, 0.15) is 12.1 Å². The van der Waals surface area contributed by atoms with Crippen molar-refractivity contribution >= 4 is 11.6 Å². The summed E-state index contributed by atoms with van der Waals surface area (Å²) < 4.78 is 1.87. The second kappa shape index (κ2) is 5.99. The summed E-state index contributed by atoms with van der Waals surface area (Å²) in [4.78, 5) is 11.1. The maximum Gasteiger partial charge on any atom is 0.254 e. The first-order valence-electron chi connectivity index (χ1n) is 7.19. The van der Waals surface area contributed by atoms with E-state index in [1.807, 2.05) is 25.3 Å². The average Bonchev–Trinajstić information content (AvgIpc) is 2.91. The van der Waals surface area contributed by atoms with Gasteiger partial charge in [-0.3, -0.25) is 0 Å². The number of hydrogen-bond acceptors (Lipinski definition) is 4. The lowest BCUT2D eigenvalue weighted by Crippen LogP contribution is -2.32. The molecule has 0 saturated carbocycles. The highest BCUT2D eigenvalue weighted by atomic mass is 15.4. The lowest BCUT2D eigenvalue weighted by molar-refractivity contribution is 0.566. The van der Waals surface area contributed by atoms with Gasteiger partial charge >= 0.3 is 0 Å². The molecule has 0 atom stereocenters. The van der Waals surface area contributed by atoms with Crippen molar-refractivity contribution in [3.63, 3.8) is 0 Å². The van der Waals surface area contributed by atoms with Gasteiger partial charge in [0.05, 0.1) is 0 Å². The molecule has 0 bridgehead atoms. The van der Waals surface area contributed by atoms with Crippen LogP contribution in [0.3, 0.4) is 0 Å². The number of anilines is 1. The molecule has 1 saturated heterocycles. The average molecular weight is 261 g/mol. The van der Waals surface area contributed by atoms with Crippen molar-refractivity contribution in [1.82, 2.24) is 19.6 Å². The van der Waals surface area contributed by atoms with Crippen LogP contribution in [0.1, 0.15) is 44.4 Å². The number of aryl methyl sites for hydroxylation is 1. The van der Waals surface area contributed by atoms with Crippen molar-refractivity contribution in [2.75, 3.05) is 18.0 Å². The van der Waals surface area contributed by atoms with Crippen molar-refractivity contribution in [3.05, 3.63) is 17.6 Å². The summed E-state index contributed by atoms with van der Waals surface area (Å²) >= 11 is 0. The van der Waals surface area contributed by atoms with E-state index in [-0.39, 0.29) is 0 Å². The molecule has 0 unspecified atom stereocenters. The Kier molecular flexibility index (Phi) is 4.35. The van der Waals surface area contributed by atoms with Gasteiger partial charge in [-0.05, 0) is 33.1 Å². The van der Waals surface area contributed by atoms with Gasteiger partial charge in [0.25, 0.3) is 5.78 Å². The van der Waals surface area contributed by atoms with E-state index >= 15 is 0 Å². The molecular weight excluding hydrogens is 238 g/mol. The summed E-state index contributed by atoms with van der Waals surface area (Å²) in [5, 5.41) is 4.30. The van der Waals surface area contributed by atoms with E-state index in [0.717, 1.165) is 18.8 Å². The molecule has 0 radical (unpaired) electrons. The Balaban J connectivity index is 0.000000637. The standard InChI is InChI=1S/C12H17N5.C2H6/c1-9-10(2)15-12-13-8-14-17(12)11(9)16-6-4-3-5-7-16;1-2/h8H,3-7H2,1-2H3;1-2H3. The highest BCUT2D eigenvalue weighted by Crippen LogP contribution is 2.25. The van der Waals surface area contributed by atoms with Crippen molar-refractivity contribution in [3.8, 4) is 0 Å². The second-order valence-electron chi connectivity index (χ2n) is 4.67. The molecule has 0 amide bonds. The number of aromatic nitrogens is 4. The molecule has 0 aliphatic carbocycles. The fourth-order valence-corrected chi connectivity index (χ4v) is 2.49. The van der Waals surface area contributed by atoms with Crippen LogP contribution in [0.5, 0.6) is 0 Å². The summed E-state index contributed by atoms with van der Waals surface area (Å²) in [5.74, 6) is 1.87. The largest absolute Gasteiger partial charge is 0.356 e. The molecule has 0 N–H and O–H groups in total. The van der Waals surface area contributed by atoms with Crippen LogP contribution < -0.4 is 4.90 Å². The monoisotopic (exact) mass is 261 g/mol. The third-order valence-electron chi connectivity index (χ3n) is 3.53. The molecule has 0 aromatic carbocycles. The van der Waals surface area contributed by atoms with Crippen molar-refractivity contribution in [2.45, 2.75) is 47.0 Å². The lowest BCUT2D eigenvalue weighted by atomic mass is 10.1. The minimum absolute atomic E-state index is 0.702. The zero-order chi connectivity index (χ0) is 13.8. The molecule has 2 aromatic heterocycles. The van der Waals surface area contributed by atoms with E-state index in [1.165, 1.54) is 30.6 Å². The Hall–Kier alpha value is -1.65. The topological polar surface area (TPSA) is 46.3 Å². The SMILES string of the molecule is CC.Cc1nc2ncnn2c(N2CCCCC2)c1C. The van der Waals surface area contributed by atoms with Crippen LogP contribution in [0.2, 0.25) is 0 Å². The first-order chi connectivity index (χ1) is 9.27. The number of piperidine rings is 1. The molecule has 1 aliphatic heterocycles. The molecule has 1 aliphatic rings. The molecule has 104 valence electrons. The maximum atomic E-state index is 4.45. The minimum Gasteiger partial charge on any atom is -0.356 e. The van der Waals surface area contributed by atoms with Gasteiger partial charge in [-0.1, -0.05) is 13.8 Å². The molecule has 1 fully saturated rings. The lowest BCUT2D eigenvalue weighted by Gasteiger charge is -2.30.